The number of hydrogen-bond donors (Lipinski definition) is 0. The Morgan fingerprint density at radius 2 is 1.24 bits per heavy atom. The molecule has 25 heavy (non-hydrogen) atoms. The molecule has 0 bridgehead atoms. The molecular weight excluding hydrogens is 332 g/mol. The lowest BCUT2D eigenvalue weighted by Crippen LogP contribution is -2.25. The first-order valence-electron chi connectivity index (χ1n) is 8.14. The highest BCUT2D eigenvalue weighted by Crippen LogP contribution is 2.41. The Bertz CT molecular complexity index is 928. The zero-order valence-corrected chi connectivity index (χ0v) is 14.1. The molecule has 3 heteroatoms. The quantitative estimate of drug-likeness (QED) is 0.613. The predicted molar refractivity (Wildman–Crippen MR) is 98.3 cm³/mol. The van der Waals surface area contributed by atoms with E-state index in [4.69, 9.17) is 11.6 Å². The smallest absolute Gasteiger partial charge is 0.175 e. The first kappa shape index (κ1) is 15.8. The van der Waals surface area contributed by atoms with E-state index in [0.717, 1.165) is 11.1 Å². The maximum Gasteiger partial charge on any atom is 0.175 e. The van der Waals surface area contributed by atoms with Crippen LogP contribution < -0.4 is 0 Å². The Balaban J connectivity index is 1.88. The van der Waals surface area contributed by atoms with Gasteiger partial charge in [-0.1, -0.05) is 78.3 Å². The van der Waals surface area contributed by atoms with Gasteiger partial charge in [0, 0.05) is 22.1 Å². The van der Waals surface area contributed by atoms with Crippen LogP contribution in [0.5, 0.6) is 0 Å². The van der Waals surface area contributed by atoms with Crippen LogP contribution in [-0.4, -0.2) is 11.6 Å². The molecular formula is C22H15ClO2. The fourth-order valence-electron chi connectivity index (χ4n) is 3.61. The van der Waals surface area contributed by atoms with Crippen LogP contribution in [0, 0.1) is 5.92 Å². The molecule has 1 aliphatic carbocycles. The van der Waals surface area contributed by atoms with E-state index in [9.17, 15) is 9.59 Å². The molecule has 0 radical (unpaired) electrons. The number of hydrogen-bond acceptors (Lipinski definition) is 2. The summed E-state index contributed by atoms with van der Waals surface area (Å²) >= 11 is 6.18. The number of Topliss-reactive ketones (excluding diaryl/α,β-unsaturated/α-hetero) is 2. The summed E-state index contributed by atoms with van der Waals surface area (Å²) in [5.41, 5.74) is 2.84. The lowest BCUT2D eigenvalue weighted by Gasteiger charge is -2.23. The summed E-state index contributed by atoms with van der Waals surface area (Å²) in [5.74, 6) is -1.34. The number of halogens is 1. The van der Waals surface area contributed by atoms with E-state index < -0.39 is 5.92 Å². The summed E-state index contributed by atoms with van der Waals surface area (Å²) < 4.78 is 0. The molecule has 0 saturated heterocycles. The van der Waals surface area contributed by atoms with Gasteiger partial charge < -0.3 is 0 Å². The van der Waals surface area contributed by atoms with Crippen molar-refractivity contribution < 1.29 is 9.59 Å². The molecule has 2 nitrogen and oxygen atoms in total. The van der Waals surface area contributed by atoms with E-state index >= 15 is 0 Å². The fourth-order valence-corrected chi connectivity index (χ4v) is 3.81. The topological polar surface area (TPSA) is 34.1 Å². The summed E-state index contributed by atoms with van der Waals surface area (Å²) in [6.45, 7) is 0. The molecule has 122 valence electrons. The predicted octanol–water partition coefficient (Wildman–Crippen LogP) is 5.17. The van der Waals surface area contributed by atoms with Gasteiger partial charge in [-0.2, -0.15) is 0 Å². The van der Waals surface area contributed by atoms with Crippen molar-refractivity contribution in [3.05, 3.63) is 106 Å². The van der Waals surface area contributed by atoms with Gasteiger partial charge in [0.25, 0.3) is 0 Å². The molecule has 0 heterocycles. The van der Waals surface area contributed by atoms with Crippen LogP contribution in [0.4, 0.5) is 0 Å². The van der Waals surface area contributed by atoms with Crippen LogP contribution >= 0.6 is 11.6 Å². The van der Waals surface area contributed by atoms with Crippen LogP contribution in [0.2, 0.25) is 5.02 Å². The third-order valence-corrected chi connectivity index (χ3v) is 4.96. The summed E-state index contributed by atoms with van der Waals surface area (Å²) in [7, 11) is 0. The highest BCUT2D eigenvalue weighted by atomic mass is 35.5. The van der Waals surface area contributed by atoms with E-state index in [1.807, 2.05) is 48.5 Å². The van der Waals surface area contributed by atoms with Gasteiger partial charge in [0.05, 0.1) is 5.92 Å². The number of rotatable bonds is 3. The van der Waals surface area contributed by atoms with Crippen LogP contribution in [0.1, 0.15) is 37.8 Å². The maximum atomic E-state index is 13.0. The first-order chi connectivity index (χ1) is 12.2. The average molecular weight is 347 g/mol. The van der Waals surface area contributed by atoms with Crippen molar-refractivity contribution in [3.8, 4) is 0 Å². The van der Waals surface area contributed by atoms with E-state index in [1.165, 1.54) is 0 Å². The van der Waals surface area contributed by atoms with Crippen molar-refractivity contribution in [1.29, 1.82) is 0 Å². The minimum absolute atomic E-state index is 0.116. The molecule has 4 rings (SSSR count). The highest BCUT2D eigenvalue weighted by molar-refractivity contribution is 6.30. The number of benzene rings is 3. The van der Waals surface area contributed by atoms with E-state index in [0.29, 0.717) is 16.1 Å². The molecule has 1 aliphatic rings. The summed E-state index contributed by atoms with van der Waals surface area (Å²) in [5, 5.41) is 0.592. The van der Waals surface area contributed by atoms with Gasteiger partial charge in [-0.25, -0.2) is 0 Å². The van der Waals surface area contributed by atoms with Gasteiger partial charge >= 0.3 is 0 Å². The third-order valence-electron chi connectivity index (χ3n) is 4.72. The molecule has 1 atom stereocenters. The molecule has 0 fully saturated rings. The normalized spacial score (nSPS) is 15.2. The molecule has 0 amide bonds. The molecule has 3 aromatic carbocycles. The van der Waals surface area contributed by atoms with Crippen molar-refractivity contribution in [2.75, 3.05) is 0 Å². The number of carbonyl (C=O) groups is 2. The highest BCUT2D eigenvalue weighted by Gasteiger charge is 2.44. The lowest BCUT2D eigenvalue weighted by atomic mass is 9.78. The Hall–Kier alpha value is -2.71. The Morgan fingerprint density at radius 3 is 1.84 bits per heavy atom. The van der Waals surface area contributed by atoms with E-state index in [-0.39, 0.29) is 17.5 Å². The van der Waals surface area contributed by atoms with Crippen LogP contribution in [0.15, 0.2) is 78.9 Å². The molecule has 0 N–H and O–H groups in total. The van der Waals surface area contributed by atoms with Crippen molar-refractivity contribution >= 4 is 23.2 Å². The summed E-state index contributed by atoms with van der Waals surface area (Å²) in [4.78, 5) is 26.1. The number of ketones is 2. The van der Waals surface area contributed by atoms with Crippen LogP contribution in [0.3, 0.4) is 0 Å². The van der Waals surface area contributed by atoms with Gasteiger partial charge in [0.15, 0.2) is 11.6 Å². The van der Waals surface area contributed by atoms with E-state index in [1.54, 1.807) is 30.3 Å². The molecule has 1 unspecified atom stereocenters. The molecule has 0 spiro atoms. The summed E-state index contributed by atoms with van der Waals surface area (Å²) in [6, 6.07) is 24.1. The molecule has 0 aromatic heterocycles. The van der Waals surface area contributed by atoms with Crippen LogP contribution in [0.25, 0.3) is 0 Å². The van der Waals surface area contributed by atoms with Crippen molar-refractivity contribution in [2.45, 2.75) is 5.92 Å². The Labute approximate surface area is 151 Å². The fraction of sp³-hybridized carbons (Fsp3) is 0.0909. The first-order valence-corrected chi connectivity index (χ1v) is 8.52. The summed E-state index contributed by atoms with van der Waals surface area (Å²) in [6.07, 6.45) is 0. The molecule has 0 saturated carbocycles. The maximum absolute atomic E-state index is 13.0. The van der Waals surface area contributed by atoms with Crippen molar-refractivity contribution in [1.82, 2.24) is 0 Å². The van der Waals surface area contributed by atoms with E-state index in [2.05, 4.69) is 0 Å². The number of carbonyl (C=O) groups excluding carboxylic acids is 2. The standard InChI is InChI=1S/C22H15ClO2/c23-16-10-6-9-15(13-16)19(14-7-2-1-3-8-14)20-21(24)17-11-4-5-12-18(17)22(20)25/h1-13,19-20H. The third kappa shape index (κ3) is 2.69. The average Bonchev–Trinajstić information content (AvgIpc) is 2.89. The van der Waals surface area contributed by atoms with Gasteiger partial charge in [-0.3, -0.25) is 9.59 Å². The number of fused-ring (bicyclic) bond motifs is 1. The minimum atomic E-state index is -0.752. The SMILES string of the molecule is O=C1c2ccccc2C(=O)C1C(c1ccccc1)c1cccc(Cl)c1. The second-order valence-corrected chi connectivity index (χ2v) is 6.63. The second kappa shape index (κ2) is 6.30. The zero-order valence-electron chi connectivity index (χ0n) is 13.4. The second-order valence-electron chi connectivity index (χ2n) is 6.20. The Morgan fingerprint density at radius 1 is 0.680 bits per heavy atom. The van der Waals surface area contributed by atoms with Crippen LogP contribution in [-0.2, 0) is 0 Å². The molecule has 3 aromatic rings. The van der Waals surface area contributed by atoms with Gasteiger partial charge in [-0.05, 0) is 23.3 Å². The van der Waals surface area contributed by atoms with Crippen molar-refractivity contribution in [3.63, 3.8) is 0 Å². The zero-order chi connectivity index (χ0) is 17.4. The van der Waals surface area contributed by atoms with Crippen molar-refractivity contribution in [2.24, 2.45) is 5.92 Å². The monoisotopic (exact) mass is 346 g/mol. The van der Waals surface area contributed by atoms with Gasteiger partial charge in [0.1, 0.15) is 0 Å². The lowest BCUT2D eigenvalue weighted by molar-refractivity contribution is 0.0825. The molecule has 0 aliphatic heterocycles. The largest absolute Gasteiger partial charge is 0.293 e. The van der Waals surface area contributed by atoms with Gasteiger partial charge in [-0.15, -0.1) is 0 Å². The Kier molecular flexibility index (Phi) is 3.98. The van der Waals surface area contributed by atoms with Gasteiger partial charge in [0.2, 0.25) is 0 Å². The minimum Gasteiger partial charge on any atom is -0.293 e.